The molecule has 3 fully saturated rings. The van der Waals surface area contributed by atoms with E-state index in [4.69, 9.17) is 0 Å². The Kier molecular flexibility index (Phi) is 4.79. The molecule has 30 heavy (non-hydrogen) atoms. The van der Waals surface area contributed by atoms with Gasteiger partial charge in [0.15, 0.2) is 5.78 Å². The van der Waals surface area contributed by atoms with Gasteiger partial charge in [-0.05, 0) is 60.8 Å². The molecule has 3 aliphatic carbocycles. The van der Waals surface area contributed by atoms with E-state index < -0.39 is 0 Å². The third-order valence-corrected chi connectivity index (χ3v) is 9.22. The first kappa shape index (κ1) is 19.8. The lowest BCUT2D eigenvalue weighted by atomic mass is 9.50. The average Bonchev–Trinajstić information content (AvgIpc) is 3.10. The number of fused-ring (bicyclic) bond motifs is 5. The second kappa shape index (κ2) is 7.25. The molecular weight excluding hydrogens is 372 g/mol. The SMILES string of the molecule is C[C@]12CCC(=O)C=C1NC[C@@H]1[C@H]2CC[C@]2(C)C(C(=O)NCc3ccccc3)CC[C@@H]12. The molecule has 1 aliphatic heterocycles. The van der Waals surface area contributed by atoms with E-state index in [0.29, 0.717) is 30.7 Å². The van der Waals surface area contributed by atoms with Crippen molar-refractivity contribution in [2.45, 2.75) is 58.9 Å². The molecule has 4 aliphatic rings. The fraction of sp³-hybridized carbons (Fsp3) is 0.615. The Labute approximate surface area is 179 Å². The molecule has 160 valence electrons. The average molecular weight is 407 g/mol. The zero-order chi connectivity index (χ0) is 20.9. The second-order valence-electron chi connectivity index (χ2n) is 10.6. The topological polar surface area (TPSA) is 58.2 Å². The highest BCUT2D eigenvalue weighted by atomic mass is 16.2. The Morgan fingerprint density at radius 1 is 1.10 bits per heavy atom. The van der Waals surface area contributed by atoms with Crippen molar-refractivity contribution < 1.29 is 9.59 Å². The molecule has 0 aromatic heterocycles. The van der Waals surface area contributed by atoms with Crippen LogP contribution in [0.25, 0.3) is 0 Å². The van der Waals surface area contributed by atoms with Crippen LogP contribution in [0.1, 0.15) is 57.9 Å². The van der Waals surface area contributed by atoms with Crippen LogP contribution in [0.3, 0.4) is 0 Å². The van der Waals surface area contributed by atoms with Crippen molar-refractivity contribution >= 4 is 11.7 Å². The molecule has 1 aromatic rings. The first-order valence-electron chi connectivity index (χ1n) is 11.7. The summed E-state index contributed by atoms with van der Waals surface area (Å²) >= 11 is 0. The van der Waals surface area contributed by atoms with Crippen molar-refractivity contribution in [2.24, 2.45) is 34.5 Å². The molecule has 1 saturated heterocycles. The van der Waals surface area contributed by atoms with Crippen LogP contribution in [-0.4, -0.2) is 18.2 Å². The van der Waals surface area contributed by atoms with Crippen LogP contribution < -0.4 is 10.6 Å². The zero-order valence-corrected chi connectivity index (χ0v) is 18.2. The summed E-state index contributed by atoms with van der Waals surface area (Å²) in [5.74, 6) is 2.44. The van der Waals surface area contributed by atoms with Crippen molar-refractivity contribution in [3.8, 4) is 0 Å². The number of piperidine rings is 1. The number of allylic oxidation sites excluding steroid dienone is 2. The lowest BCUT2D eigenvalue weighted by Crippen LogP contribution is -2.57. The van der Waals surface area contributed by atoms with Gasteiger partial charge in [0.05, 0.1) is 0 Å². The smallest absolute Gasteiger partial charge is 0.223 e. The molecule has 1 amide bonds. The molecule has 2 N–H and O–H groups in total. The van der Waals surface area contributed by atoms with E-state index in [1.54, 1.807) is 0 Å². The quantitative estimate of drug-likeness (QED) is 0.790. The maximum absolute atomic E-state index is 13.2. The van der Waals surface area contributed by atoms with Gasteiger partial charge >= 0.3 is 0 Å². The number of carbonyl (C=O) groups is 2. The summed E-state index contributed by atoms with van der Waals surface area (Å²) < 4.78 is 0. The molecule has 4 heteroatoms. The molecule has 6 atom stereocenters. The molecule has 1 aromatic carbocycles. The van der Waals surface area contributed by atoms with Gasteiger partial charge in [0.2, 0.25) is 5.91 Å². The molecule has 1 unspecified atom stereocenters. The minimum atomic E-state index is 0.0890. The zero-order valence-electron chi connectivity index (χ0n) is 18.2. The second-order valence-corrected chi connectivity index (χ2v) is 10.6. The monoisotopic (exact) mass is 406 g/mol. The molecule has 2 saturated carbocycles. The lowest BCUT2D eigenvalue weighted by molar-refractivity contribution is -0.132. The fourth-order valence-corrected chi connectivity index (χ4v) is 7.48. The Morgan fingerprint density at radius 3 is 2.70 bits per heavy atom. The number of hydrogen-bond acceptors (Lipinski definition) is 3. The largest absolute Gasteiger partial charge is 0.387 e. The molecule has 0 radical (unpaired) electrons. The predicted molar refractivity (Wildman–Crippen MR) is 117 cm³/mol. The molecule has 0 bridgehead atoms. The van der Waals surface area contributed by atoms with Gasteiger partial charge in [-0.2, -0.15) is 0 Å². The van der Waals surface area contributed by atoms with Gasteiger partial charge in [-0.3, -0.25) is 9.59 Å². The number of carbonyl (C=O) groups excluding carboxylic acids is 2. The standard InChI is InChI=1S/C26H34N2O2/c1-25-13-11-21-19(16-27-23-14-18(29)10-12-26(21,23)2)20(25)8-9-22(25)24(30)28-15-17-6-4-3-5-7-17/h3-7,14,19-22,27H,8-13,15-16H2,1-2H3,(H,28,30)/t19-,20-,21+,22?,25-,26+/m0/s1. The van der Waals surface area contributed by atoms with Crippen LogP contribution in [-0.2, 0) is 16.1 Å². The summed E-state index contributed by atoms with van der Waals surface area (Å²) in [6.45, 7) is 6.32. The van der Waals surface area contributed by atoms with Gasteiger partial charge < -0.3 is 10.6 Å². The third kappa shape index (κ3) is 3.02. The predicted octanol–water partition coefficient (Wildman–Crippen LogP) is 4.22. The highest BCUT2D eigenvalue weighted by Crippen LogP contribution is 2.64. The number of benzene rings is 1. The van der Waals surface area contributed by atoms with Gasteiger partial charge in [-0.1, -0.05) is 44.2 Å². The van der Waals surface area contributed by atoms with Gasteiger partial charge in [0.1, 0.15) is 0 Å². The molecule has 0 spiro atoms. The van der Waals surface area contributed by atoms with E-state index in [2.05, 4.69) is 36.6 Å². The minimum absolute atomic E-state index is 0.0890. The minimum Gasteiger partial charge on any atom is -0.387 e. The van der Waals surface area contributed by atoms with Crippen LogP contribution in [0.15, 0.2) is 42.1 Å². The van der Waals surface area contributed by atoms with Crippen molar-refractivity contribution in [3.05, 3.63) is 47.7 Å². The van der Waals surface area contributed by atoms with Gasteiger partial charge in [-0.25, -0.2) is 0 Å². The van der Waals surface area contributed by atoms with Crippen LogP contribution in [0.5, 0.6) is 0 Å². The first-order chi connectivity index (χ1) is 14.4. The van der Waals surface area contributed by atoms with Gasteiger partial charge in [-0.15, -0.1) is 0 Å². The summed E-state index contributed by atoms with van der Waals surface area (Å²) in [5.41, 5.74) is 2.53. The number of nitrogens with one attached hydrogen (secondary N) is 2. The van der Waals surface area contributed by atoms with Gasteiger partial charge in [0.25, 0.3) is 0 Å². The number of rotatable bonds is 3. The normalized spacial score (nSPS) is 39.8. The summed E-state index contributed by atoms with van der Waals surface area (Å²) in [6, 6.07) is 10.2. The summed E-state index contributed by atoms with van der Waals surface area (Å²) in [5, 5.41) is 6.88. The Bertz CT molecular complexity index is 878. The van der Waals surface area contributed by atoms with Gasteiger partial charge in [0, 0.05) is 42.6 Å². The maximum Gasteiger partial charge on any atom is 0.223 e. The van der Waals surface area contributed by atoms with Crippen LogP contribution >= 0.6 is 0 Å². The van der Waals surface area contributed by atoms with Crippen LogP contribution in [0.2, 0.25) is 0 Å². The first-order valence-corrected chi connectivity index (χ1v) is 11.7. The lowest BCUT2D eigenvalue weighted by Gasteiger charge is -2.58. The van der Waals surface area contributed by atoms with Crippen LogP contribution in [0, 0.1) is 34.5 Å². The Balaban J connectivity index is 1.32. The van der Waals surface area contributed by atoms with E-state index in [1.807, 2.05) is 24.3 Å². The third-order valence-electron chi connectivity index (χ3n) is 9.22. The van der Waals surface area contributed by atoms with Crippen molar-refractivity contribution in [1.82, 2.24) is 10.6 Å². The Morgan fingerprint density at radius 2 is 1.90 bits per heavy atom. The molecule has 4 nitrogen and oxygen atoms in total. The highest BCUT2D eigenvalue weighted by molar-refractivity contribution is 5.91. The van der Waals surface area contributed by atoms with E-state index >= 15 is 0 Å². The van der Waals surface area contributed by atoms with E-state index in [-0.39, 0.29) is 28.4 Å². The number of hydrogen-bond donors (Lipinski definition) is 2. The number of ketones is 1. The van der Waals surface area contributed by atoms with E-state index in [9.17, 15) is 9.59 Å². The summed E-state index contributed by atoms with van der Waals surface area (Å²) in [7, 11) is 0. The highest BCUT2D eigenvalue weighted by Gasteiger charge is 2.60. The summed E-state index contributed by atoms with van der Waals surface area (Å²) in [4.78, 5) is 25.2. The maximum atomic E-state index is 13.2. The molecule has 5 rings (SSSR count). The Hall–Kier alpha value is -2.10. The number of amides is 1. The summed E-state index contributed by atoms with van der Waals surface area (Å²) in [6.07, 6.45) is 7.97. The van der Waals surface area contributed by atoms with E-state index in [1.165, 1.54) is 12.1 Å². The van der Waals surface area contributed by atoms with Crippen LogP contribution in [0.4, 0.5) is 0 Å². The fourth-order valence-electron chi connectivity index (χ4n) is 7.48. The molecule has 1 heterocycles. The van der Waals surface area contributed by atoms with Crippen molar-refractivity contribution in [3.63, 3.8) is 0 Å². The van der Waals surface area contributed by atoms with Crippen molar-refractivity contribution in [1.29, 1.82) is 0 Å². The van der Waals surface area contributed by atoms with Crippen molar-refractivity contribution in [2.75, 3.05) is 6.54 Å². The van der Waals surface area contributed by atoms with E-state index in [0.717, 1.165) is 37.8 Å². The molecular formula is C26H34N2O2.